The Labute approximate surface area is 161 Å². The highest BCUT2D eigenvalue weighted by molar-refractivity contribution is 8.01. The zero-order chi connectivity index (χ0) is 18.7. The van der Waals surface area contributed by atoms with Crippen molar-refractivity contribution in [2.45, 2.75) is 23.1 Å². The maximum Gasteiger partial charge on any atom is 0.238 e. The normalized spacial score (nSPS) is 15.8. The summed E-state index contributed by atoms with van der Waals surface area (Å²) < 4.78 is 5.13. The van der Waals surface area contributed by atoms with Crippen molar-refractivity contribution in [2.24, 2.45) is 0 Å². The Balaban J connectivity index is 1.61. The van der Waals surface area contributed by atoms with Crippen LogP contribution in [0.4, 0.5) is 5.69 Å². The summed E-state index contributed by atoms with van der Waals surface area (Å²) in [5.41, 5.74) is 1.70. The number of carbonyl (C=O) groups is 2. The van der Waals surface area contributed by atoms with E-state index in [4.69, 9.17) is 16.3 Å². The molecular formula is C19H19ClN2O3S. The number of halogens is 1. The zero-order valence-electron chi connectivity index (χ0n) is 14.5. The number of ether oxygens (including phenoxy) is 1. The molecule has 0 spiro atoms. The van der Waals surface area contributed by atoms with E-state index in [1.165, 1.54) is 11.8 Å². The molecule has 0 fully saturated rings. The van der Waals surface area contributed by atoms with E-state index < -0.39 is 5.25 Å². The number of nitrogens with zero attached hydrogens (tertiary/aromatic N) is 1. The van der Waals surface area contributed by atoms with E-state index in [1.54, 1.807) is 31.2 Å². The van der Waals surface area contributed by atoms with Crippen LogP contribution in [0.1, 0.15) is 12.0 Å². The molecule has 0 saturated heterocycles. The van der Waals surface area contributed by atoms with Gasteiger partial charge in [0, 0.05) is 29.9 Å². The van der Waals surface area contributed by atoms with Crippen LogP contribution < -0.4 is 10.1 Å². The molecule has 1 atom stereocenters. The highest BCUT2D eigenvalue weighted by Gasteiger charge is 2.30. The van der Waals surface area contributed by atoms with Gasteiger partial charge in [-0.15, -0.1) is 11.8 Å². The smallest absolute Gasteiger partial charge is 0.238 e. The minimum atomic E-state index is -0.450. The molecule has 2 aromatic rings. The van der Waals surface area contributed by atoms with Gasteiger partial charge in [0.2, 0.25) is 11.8 Å². The van der Waals surface area contributed by atoms with Crippen molar-refractivity contribution >= 4 is 40.9 Å². The first-order valence-electron chi connectivity index (χ1n) is 8.10. The van der Waals surface area contributed by atoms with Gasteiger partial charge in [0.05, 0.1) is 18.0 Å². The molecule has 1 N–H and O–H groups in total. The zero-order valence-corrected chi connectivity index (χ0v) is 16.1. The Hall–Kier alpha value is -2.18. The highest BCUT2D eigenvalue weighted by Crippen LogP contribution is 2.38. The number of nitrogens with one attached hydrogen (secondary N) is 1. The Bertz CT molecular complexity index is 826. The first kappa shape index (κ1) is 18.6. The molecule has 0 aromatic heterocycles. The van der Waals surface area contributed by atoms with Crippen LogP contribution in [0.15, 0.2) is 47.4 Å². The third-order valence-electron chi connectivity index (χ3n) is 4.13. The quantitative estimate of drug-likeness (QED) is 0.843. The molecule has 1 aliphatic rings. The number of carbonyl (C=O) groups excluding carboxylic acids is 2. The number of hydrogen-bond acceptors (Lipinski definition) is 4. The van der Waals surface area contributed by atoms with Gasteiger partial charge < -0.3 is 15.0 Å². The van der Waals surface area contributed by atoms with Crippen LogP contribution in [-0.4, -0.2) is 36.1 Å². The first-order chi connectivity index (χ1) is 12.5. The minimum Gasteiger partial charge on any atom is -0.497 e. The number of methoxy groups -OCH3 is 1. The molecular weight excluding hydrogens is 372 g/mol. The Morgan fingerprint density at radius 1 is 1.27 bits per heavy atom. The molecule has 1 heterocycles. The Morgan fingerprint density at radius 2 is 2.00 bits per heavy atom. The second-order valence-electron chi connectivity index (χ2n) is 6.04. The minimum absolute atomic E-state index is 0.0779. The lowest BCUT2D eigenvalue weighted by Crippen LogP contribution is -2.35. The first-order valence-corrected chi connectivity index (χ1v) is 9.36. The molecule has 2 aromatic carbocycles. The van der Waals surface area contributed by atoms with Crippen LogP contribution >= 0.6 is 23.4 Å². The maximum atomic E-state index is 12.5. The number of benzene rings is 2. The molecule has 1 unspecified atom stereocenters. The van der Waals surface area contributed by atoms with Crippen molar-refractivity contribution in [1.82, 2.24) is 4.90 Å². The molecule has 0 aliphatic carbocycles. The van der Waals surface area contributed by atoms with E-state index in [0.29, 0.717) is 17.3 Å². The molecule has 1 aliphatic heterocycles. The monoisotopic (exact) mass is 390 g/mol. The molecule has 0 radical (unpaired) electrons. The number of anilines is 1. The van der Waals surface area contributed by atoms with E-state index in [2.05, 4.69) is 5.32 Å². The molecule has 3 rings (SSSR count). The number of fused-ring (bicyclic) bond motifs is 1. The average Bonchev–Trinajstić information content (AvgIpc) is 2.63. The summed E-state index contributed by atoms with van der Waals surface area (Å²) in [5, 5.41) is 2.95. The molecule has 136 valence electrons. The summed E-state index contributed by atoms with van der Waals surface area (Å²) >= 11 is 7.35. The predicted molar refractivity (Wildman–Crippen MR) is 104 cm³/mol. The van der Waals surface area contributed by atoms with E-state index in [-0.39, 0.29) is 18.2 Å². The van der Waals surface area contributed by atoms with Crippen LogP contribution in [0.5, 0.6) is 5.75 Å². The van der Waals surface area contributed by atoms with Crippen LogP contribution in [-0.2, 0) is 16.1 Å². The molecule has 0 bridgehead atoms. The fraction of sp³-hybridized carbons (Fsp3) is 0.263. The molecule has 7 heteroatoms. The number of hydrogen-bond donors (Lipinski definition) is 1. The second-order valence-corrected chi connectivity index (χ2v) is 7.72. The summed E-state index contributed by atoms with van der Waals surface area (Å²) in [6.45, 7) is 0.480. The van der Waals surface area contributed by atoms with Crippen molar-refractivity contribution < 1.29 is 14.3 Å². The summed E-state index contributed by atoms with van der Waals surface area (Å²) in [6, 6.07) is 12.9. The number of rotatable bonds is 5. The van der Waals surface area contributed by atoms with Crippen LogP contribution in [0, 0.1) is 0 Å². The molecule has 26 heavy (non-hydrogen) atoms. The lowest BCUT2D eigenvalue weighted by molar-refractivity contribution is -0.131. The third kappa shape index (κ3) is 4.31. The average molecular weight is 391 g/mol. The predicted octanol–water partition coefficient (Wildman–Crippen LogP) is 3.81. The Morgan fingerprint density at radius 3 is 2.69 bits per heavy atom. The van der Waals surface area contributed by atoms with Gasteiger partial charge in [-0.3, -0.25) is 9.59 Å². The third-order valence-corrected chi connectivity index (χ3v) is 5.64. The number of thioether (sulfide) groups is 1. The Kier molecular flexibility index (Phi) is 5.74. The topological polar surface area (TPSA) is 58.6 Å². The van der Waals surface area contributed by atoms with Crippen LogP contribution in [0.3, 0.4) is 0 Å². The van der Waals surface area contributed by atoms with Crippen LogP contribution in [0.2, 0.25) is 5.02 Å². The SMILES string of the molecule is COc1ccc(CN(C)C(=O)CC2Sc3ccc(Cl)cc3NC2=O)cc1. The van der Waals surface area contributed by atoms with E-state index >= 15 is 0 Å². The van der Waals surface area contributed by atoms with E-state index in [0.717, 1.165) is 16.2 Å². The fourth-order valence-electron chi connectivity index (χ4n) is 2.66. The lowest BCUT2D eigenvalue weighted by Gasteiger charge is -2.25. The summed E-state index contributed by atoms with van der Waals surface area (Å²) in [4.78, 5) is 27.4. The van der Waals surface area contributed by atoms with Crippen molar-refractivity contribution in [3.8, 4) is 5.75 Å². The van der Waals surface area contributed by atoms with Gasteiger partial charge >= 0.3 is 0 Å². The van der Waals surface area contributed by atoms with Gasteiger partial charge in [-0.05, 0) is 35.9 Å². The summed E-state index contributed by atoms with van der Waals surface area (Å²) in [5.74, 6) is 0.527. The molecule has 0 saturated carbocycles. The van der Waals surface area contributed by atoms with Crippen molar-refractivity contribution in [2.75, 3.05) is 19.5 Å². The maximum absolute atomic E-state index is 12.5. The summed E-state index contributed by atoms with van der Waals surface area (Å²) in [7, 11) is 3.36. The van der Waals surface area contributed by atoms with Gasteiger partial charge in [-0.25, -0.2) is 0 Å². The van der Waals surface area contributed by atoms with Gasteiger partial charge in [-0.1, -0.05) is 23.7 Å². The van der Waals surface area contributed by atoms with Crippen molar-refractivity contribution in [3.05, 3.63) is 53.1 Å². The fourth-order valence-corrected chi connectivity index (χ4v) is 3.92. The standard InChI is InChI=1S/C19H19ClN2O3S/c1-22(11-12-3-6-14(25-2)7-4-12)18(23)10-17-19(24)21-15-9-13(20)5-8-16(15)26-17/h3-9,17H,10-11H2,1-2H3,(H,21,24). The van der Waals surface area contributed by atoms with Crippen LogP contribution in [0.25, 0.3) is 0 Å². The van der Waals surface area contributed by atoms with Gasteiger partial charge in [0.1, 0.15) is 5.75 Å². The largest absolute Gasteiger partial charge is 0.497 e. The number of amides is 2. The molecule has 5 nitrogen and oxygen atoms in total. The van der Waals surface area contributed by atoms with E-state index in [1.807, 2.05) is 30.3 Å². The molecule has 2 amide bonds. The van der Waals surface area contributed by atoms with Crippen molar-refractivity contribution in [1.29, 1.82) is 0 Å². The highest BCUT2D eigenvalue weighted by atomic mass is 35.5. The van der Waals surface area contributed by atoms with Gasteiger partial charge in [0.25, 0.3) is 0 Å². The van der Waals surface area contributed by atoms with Gasteiger partial charge in [-0.2, -0.15) is 0 Å². The van der Waals surface area contributed by atoms with Gasteiger partial charge in [0.15, 0.2) is 0 Å². The summed E-state index contributed by atoms with van der Waals surface area (Å²) in [6.07, 6.45) is 0.144. The second kappa shape index (κ2) is 8.01. The van der Waals surface area contributed by atoms with E-state index in [9.17, 15) is 9.59 Å². The van der Waals surface area contributed by atoms with Crippen molar-refractivity contribution in [3.63, 3.8) is 0 Å². The lowest BCUT2D eigenvalue weighted by atomic mass is 10.2.